The van der Waals surface area contributed by atoms with E-state index in [4.69, 9.17) is 16.3 Å². The minimum Gasteiger partial charge on any atom is -0.466 e. The lowest BCUT2D eigenvalue weighted by molar-refractivity contribution is -0.141. The average molecular weight is 213 g/mol. The molecule has 2 nitrogen and oxygen atoms in total. The number of hydrogen-bond donors (Lipinski definition) is 0. The Morgan fingerprint density at radius 1 is 1.43 bits per heavy atom. The number of carbonyl (C=O) groups excluding carboxylic acids is 1. The second-order valence-corrected chi connectivity index (χ2v) is 3.53. The Morgan fingerprint density at radius 2 is 2.07 bits per heavy atom. The first-order valence-corrected chi connectivity index (χ1v) is 4.96. The SMILES string of the molecule is CC(=O)OCCC(Cl)c1ccccc1. The zero-order valence-corrected chi connectivity index (χ0v) is 8.83. The van der Waals surface area contributed by atoms with E-state index in [0.717, 1.165) is 5.56 Å². The molecule has 3 heteroatoms. The molecule has 0 saturated carbocycles. The van der Waals surface area contributed by atoms with Crippen LogP contribution in [0.2, 0.25) is 0 Å². The van der Waals surface area contributed by atoms with Crippen molar-refractivity contribution >= 4 is 17.6 Å². The Hall–Kier alpha value is -1.02. The van der Waals surface area contributed by atoms with Crippen LogP contribution in [0.3, 0.4) is 0 Å². The van der Waals surface area contributed by atoms with E-state index in [1.54, 1.807) is 0 Å². The average Bonchev–Trinajstić information content (AvgIpc) is 2.18. The number of esters is 1. The Morgan fingerprint density at radius 3 is 2.64 bits per heavy atom. The molecule has 14 heavy (non-hydrogen) atoms. The molecule has 1 aromatic rings. The zero-order chi connectivity index (χ0) is 10.4. The molecule has 0 radical (unpaired) electrons. The third-order valence-corrected chi connectivity index (χ3v) is 2.31. The summed E-state index contributed by atoms with van der Waals surface area (Å²) >= 11 is 6.10. The van der Waals surface area contributed by atoms with Gasteiger partial charge in [-0.25, -0.2) is 0 Å². The lowest BCUT2D eigenvalue weighted by atomic mass is 10.1. The molecule has 1 unspecified atom stereocenters. The smallest absolute Gasteiger partial charge is 0.302 e. The molecule has 0 amide bonds. The van der Waals surface area contributed by atoms with E-state index in [1.165, 1.54) is 6.92 Å². The van der Waals surface area contributed by atoms with Gasteiger partial charge in [-0.15, -0.1) is 11.6 Å². The summed E-state index contributed by atoms with van der Waals surface area (Å²) < 4.78 is 4.81. The number of alkyl halides is 1. The van der Waals surface area contributed by atoms with Crippen LogP contribution in [0.15, 0.2) is 30.3 Å². The van der Waals surface area contributed by atoms with Crippen LogP contribution in [-0.4, -0.2) is 12.6 Å². The van der Waals surface area contributed by atoms with Crippen LogP contribution in [-0.2, 0) is 9.53 Å². The van der Waals surface area contributed by atoms with Gasteiger partial charge in [-0.05, 0) is 5.56 Å². The molecule has 1 rings (SSSR count). The van der Waals surface area contributed by atoms with Gasteiger partial charge in [0.15, 0.2) is 0 Å². The Bertz CT molecular complexity index is 285. The molecule has 0 fully saturated rings. The van der Waals surface area contributed by atoms with Crippen LogP contribution in [0.4, 0.5) is 0 Å². The second kappa shape index (κ2) is 5.66. The van der Waals surface area contributed by atoms with Gasteiger partial charge in [-0.1, -0.05) is 30.3 Å². The van der Waals surface area contributed by atoms with Crippen molar-refractivity contribution in [3.63, 3.8) is 0 Å². The number of rotatable bonds is 4. The van der Waals surface area contributed by atoms with E-state index in [0.29, 0.717) is 13.0 Å². The van der Waals surface area contributed by atoms with Gasteiger partial charge >= 0.3 is 5.97 Å². The molecule has 0 bridgehead atoms. The third kappa shape index (κ3) is 3.79. The normalized spacial score (nSPS) is 12.1. The minimum atomic E-state index is -0.262. The summed E-state index contributed by atoms with van der Waals surface area (Å²) in [6.07, 6.45) is 0.644. The second-order valence-electron chi connectivity index (χ2n) is 3.01. The summed E-state index contributed by atoms with van der Waals surface area (Å²) in [6.45, 7) is 1.77. The fourth-order valence-corrected chi connectivity index (χ4v) is 1.37. The van der Waals surface area contributed by atoms with Gasteiger partial charge in [0.05, 0.1) is 12.0 Å². The molecule has 1 aromatic carbocycles. The number of ether oxygens (including phenoxy) is 1. The molecule has 0 spiro atoms. The lowest BCUT2D eigenvalue weighted by Crippen LogP contribution is -2.03. The van der Waals surface area contributed by atoms with Gasteiger partial charge in [-0.3, -0.25) is 4.79 Å². The van der Waals surface area contributed by atoms with Crippen molar-refractivity contribution in [1.82, 2.24) is 0 Å². The topological polar surface area (TPSA) is 26.3 Å². The number of halogens is 1. The number of carbonyl (C=O) groups is 1. The maximum absolute atomic E-state index is 10.5. The van der Waals surface area contributed by atoms with Crippen LogP contribution in [0.25, 0.3) is 0 Å². The van der Waals surface area contributed by atoms with Crippen LogP contribution in [0.1, 0.15) is 24.3 Å². The molecule has 0 aliphatic carbocycles. The summed E-state index contributed by atoms with van der Waals surface area (Å²) in [7, 11) is 0. The zero-order valence-electron chi connectivity index (χ0n) is 8.07. The monoisotopic (exact) mass is 212 g/mol. The Kier molecular flexibility index (Phi) is 4.47. The van der Waals surface area contributed by atoms with E-state index in [1.807, 2.05) is 30.3 Å². The van der Waals surface area contributed by atoms with Crippen molar-refractivity contribution < 1.29 is 9.53 Å². The van der Waals surface area contributed by atoms with Crippen LogP contribution in [0.5, 0.6) is 0 Å². The predicted octanol–water partition coefficient (Wildman–Crippen LogP) is 2.92. The largest absolute Gasteiger partial charge is 0.466 e. The molecular weight excluding hydrogens is 200 g/mol. The highest BCUT2D eigenvalue weighted by molar-refractivity contribution is 6.20. The van der Waals surface area contributed by atoms with Crippen molar-refractivity contribution in [3.05, 3.63) is 35.9 Å². The maximum Gasteiger partial charge on any atom is 0.302 e. The Balaban J connectivity index is 2.36. The summed E-state index contributed by atoms with van der Waals surface area (Å²) in [4.78, 5) is 10.5. The lowest BCUT2D eigenvalue weighted by Gasteiger charge is -2.09. The van der Waals surface area contributed by atoms with Crippen LogP contribution in [0, 0.1) is 0 Å². The summed E-state index contributed by atoms with van der Waals surface area (Å²) in [5, 5.41) is -0.0875. The van der Waals surface area contributed by atoms with Gasteiger partial charge in [-0.2, -0.15) is 0 Å². The first-order chi connectivity index (χ1) is 6.70. The third-order valence-electron chi connectivity index (χ3n) is 1.84. The molecular formula is C11H13ClO2. The van der Waals surface area contributed by atoms with Crippen molar-refractivity contribution in [1.29, 1.82) is 0 Å². The highest BCUT2D eigenvalue weighted by Crippen LogP contribution is 2.23. The number of benzene rings is 1. The van der Waals surface area contributed by atoms with Crippen LogP contribution >= 0.6 is 11.6 Å². The van der Waals surface area contributed by atoms with E-state index >= 15 is 0 Å². The van der Waals surface area contributed by atoms with Crippen LogP contribution < -0.4 is 0 Å². The van der Waals surface area contributed by atoms with E-state index < -0.39 is 0 Å². The van der Waals surface area contributed by atoms with Gasteiger partial charge in [0, 0.05) is 13.3 Å². The quantitative estimate of drug-likeness (QED) is 0.567. The molecule has 0 aliphatic heterocycles. The molecule has 0 saturated heterocycles. The van der Waals surface area contributed by atoms with Crippen molar-refractivity contribution in [3.8, 4) is 0 Å². The molecule has 0 aromatic heterocycles. The molecule has 0 aliphatic rings. The van der Waals surface area contributed by atoms with Crippen molar-refractivity contribution in [2.75, 3.05) is 6.61 Å². The highest BCUT2D eigenvalue weighted by atomic mass is 35.5. The van der Waals surface area contributed by atoms with Gasteiger partial charge in [0.2, 0.25) is 0 Å². The molecule has 1 atom stereocenters. The molecule has 0 N–H and O–H groups in total. The minimum absolute atomic E-state index is 0.0875. The maximum atomic E-state index is 10.5. The predicted molar refractivity (Wildman–Crippen MR) is 56.3 cm³/mol. The van der Waals surface area contributed by atoms with Gasteiger partial charge in [0.1, 0.15) is 0 Å². The first kappa shape index (κ1) is 11.1. The van der Waals surface area contributed by atoms with E-state index in [9.17, 15) is 4.79 Å². The first-order valence-electron chi connectivity index (χ1n) is 4.52. The standard InChI is InChI=1S/C11H13ClO2/c1-9(13)14-8-7-11(12)10-5-3-2-4-6-10/h2-6,11H,7-8H2,1H3. The fourth-order valence-electron chi connectivity index (χ4n) is 1.13. The fraction of sp³-hybridized carbons (Fsp3) is 0.364. The van der Waals surface area contributed by atoms with Gasteiger partial charge in [0.25, 0.3) is 0 Å². The van der Waals surface area contributed by atoms with Gasteiger partial charge < -0.3 is 4.74 Å². The molecule has 76 valence electrons. The summed E-state index contributed by atoms with van der Waals surface area (Å²) in [5.74, 6) is -0.262. The van der Waals surface area contributed by atoms with E-state index in [-0.39, 0.29) is 11.3 Å². The highest BCUT2D eigenvalue weighted by Gasteiger charge is 2.07. The van der Waals surface area contributed by atoms with Crippen molar-refractivity contribution in [2.24, 2.45) is 0 Å². The van der Waals surface area contributed by atoms with E-state index in [2.05, 4.69) is 0 Å². The number of hydrogen-bond acceptors (Lipinski definition) is 2. The summed E-state index contributed by atoms with van der Waals surface area (Å²) in [6, 6.07) is 9.75. The summed E-state index contributed by atoms with van der Waals surface area (Å²) in [5.41, 5.74) is 1.06. The van der Waals surface area contributed by atoms with Crippen molar-refractivity contribution in [2.45, 2.75) is 18.7 Å². The molecule has 0 heterocycles. The Labute approximate surface area is 88.8 Å².